The molecule has 0 fully saturated rings. The maximum Gasteiger partial charge on any atom is 0.0683 e. The van der Waals surface area contributed by atoms with Gasteiger partial charge in [0.1, 0.15) is 0 Å². The van der Waals surface area contributed by atoms with Crippen LogP contribution in [-0.2, 0) is 0 Å². The van der Waals surface area contributed by atoms with Crippen LogP contribution in [0.25, 0.3) is 0 Å². The van der Waals surface area contributed by atoms with Gasteiger partial charge in [0.25, 0.3) is 0 Å². The van der Waals surface area contributed by atoms with Gasteiger partial charge in [-0.1, -0.05) is 6.42 Å². The van der Waals surface area contributed by atoms with Crippen LogP contribution in [0.3, 0.4) is 0 Å². The minimum atomic E-state index is -0.148. The van der Waals surface area contributed by atoms with E-state index in [4.69, 9.17) is 5.26 Å². The van der Waals surface area contributed by atoms with E-state index in [-0.39, 0.29) is 5.41 Å². The highest BCUT2D eigenvalue weighted by Gasteiger charge is 2.15. The maximum atomic E-state index is 8.87. The van der Waals surface area contributed by atoms with Gasteiger partial charge in [0.05, 0.1) is 11.5 Å². The Morgan fingerprint density at radius 2 is 2.06 bits per heavy atom. The first-order chi connectivity index (χ1) is 7.52. The molecule has 0 bridgehead atoms. The van der Waals surface area contributed by atoms with E-state index in [9.17, 15) is 0 Å². The van der Waals surface area contributed by atoms with Gasteiger partial charge in [0, 0.05) is 6.04 Å². The average molecular weight is 242 g/mol. The first-order valence-corrected chi connectivity index (χ1v) is 7.55. The van der Waals surface area contributed by atoms with E-state index in [0.717, 1.165) is 19.4 Å². The molecular formula is C13H26N2S. The molecule has 0 aromatic rings. The van der Waals surface area contributed by atoms with Crippen molar-refractivity contribution in [2.24, 2.45) is 5.41 Å². The SMILES string of the molecule is CSCCC(C)NCCCCC(C)(C)C#N. The van der Waals surface area contributed by atoms with E-state index in [1.807, 2.05) is 25.6 Å². The molecule has 1 N–H and O–H groups in total. The largest absolute Gasteiger partial charge is 0.314 e. The van der Waals surface area contributed by atoms with Crippen LogP contribution in [0, 0.1) is 16.7 Å². The quantitative estimate of drug-likeness (QED) is 0.629. The molecule has 0 aromatic carbocycles. The van der Waals surface area contributed by atoms with Gasteiger partial charge in [-0.15, -0.1) is 0 Å². The molecule has 0 saturated carbocycles. The van der Waals surface area contributed by atoms with Crippen molar-refractivity contribution in [3.63, 3.8) is 0 Å². The molecule has 0 radical (unpaired) electrons. The lowest BCUT2D eigenvalue weighted by Crippen LogP contribution is -2.27. The Kier molecular flexibility index (Phi) is 8.78. The van der Waals surface area contributed by atoms with Crippen LogP contribution in [0.2, 0.25) is 0 Å². The summed E-state index contributed by atoms with van der Waals surface area (Å²) in [5, 5.41) is 12.4. The van der Waals surface area contributed by atoms with Gasteiger partial charge in [-0.25, -0.2) is 0 Å². The van der Waals surface area contributed by atoms with Crippen molar-refractivity contribution in [3.8, 4) is 6.07 Å². The molecule has 0 spiro atoms. The lowest BCUT2D eigenvalue weighted by molar-refractivity contribution is 0.416. The molecule has 0 heterocycles. The number of unbranched alkanes of at least 4 members (excludes halogenated alkanes) is 1. The maximum absolute atomic E-state index is 8.87. The van der Waals surface area contributed by atoms with Gasteiger partial charge in [0.2, 0.25) is 0 Å². The Morgan fingerprint density at radius 1 is 1.38 bits per heavy atom. The molecule has 2 nitrogen and oxygen atoms in total. The van der Waals surface area contributed by atoms with Crippen molar-refractivity contribution in [2.45, 2.75) is 52.5 Å². The fourth-order valence-electron chi connectivity index (χ4n) is 1.49. The van der Waals surface area contributed by atoms with Crippen molar-refractivity contribution in [3.05, 3.63) is 0 Å². The van der Waals surface area contributed by atoms with E-state index in [1.54, 1.807) is 0 Å². The van der Waals surface area contributed by atoms with Gasteiger partial charge in [-0.05, 0) is 58.6 Å². The Bertz CT molecular complexity index is 208. The summed E-state index contributed by atoms with van der Waals surface area (Å²) in [4.78, 5) is 0. The molecule has 94 valence electrons. The molecular weight excluding hydrogens is 216 g/mol. The summed E-state index contributed by atoms with van der Waals surface area (Å²) in [6.07, 6.45) is 6.71. The van der Waals surface area contributed by atoms with Crippen molar-refractivity contribution in [1.29, 1.82) is 5.26 Å². The van der Waals surface area contributed by atoms with Crippen LogP contribution >= 0.6 is 11.8 Å². The minimum Gasteiger partial charge on any atom is -0.314 e. The summed E-state index contributed by atoms with van der Waals surface area (Å²) in [6, 6.07) is 2.97. The van der Waals surface area contributed by atoms with Crippen molar-refractivity contribution in [1.82, 2.24) is 5.32 Å². The number of hydrogen-bond acceptors (Lipinski definition) is 3. The number of thioether (sulfide) groups is 1. The molecule has 3 heteroatoms. The Hall–Kier alpha value is -0.200. The molecule has 0 saturated heterocycles. The highest BCUT2D eigenvalue weighted by molar-refractivity contribution is 7.98. The van der Waals surface area contributed by atoms with Crippen molar-refractivity contribution in [2.75, 3.05) is 18.6 Å². The molecule has 1 atom stereocenters. The van der Waals surface area contributed by atoms with E-state index in [1.165, 1.54) is 18.6 Å². The first kappa shape index (κ1) is 15.8. The first-order valence-electron chi connectivity index (χ1n) is 6.15. The smallest absolute Gasteiger partial charge is 0.0683 e. The van der Waals surface area contributed by atoms with Crippen molar-refractivity contribution < 1.29 is 0 Å². The fourth-order valence-corrected chi connectivity index (χ4v) is 2.08. The van der Waals surface area contributed by atoms with Crippen molar-refractivity contribution >= 4 is 11.8 Å². The van der Waals surface area contributed by atoms with Crippen LogP contribution < -0.4 is 5.32 Å². The van der Waals surface area contributed by atoms with E-state index < -0.39 is 0 Å². The van der Waals surface area contributed by atoms with E-state index >= 15 is 0 Å². The van der Waals surface area contributed by atoms with Crippen LogP contribution in [0.4, 0.5) is 0 Å². The number of hydrogen-bond donors (Lipinski definition) is 1. The second-order valence-electron chi connectivity index (χ2n) is 5.09. The van der Waals surface area contributed by atoms with Crippen LogP contribution in [0.1, 0.15) is 46.5 Å². The number of nitriles is 1. The lowest BCUT2D eigenvalue weighted by Gasteiger charge is -2.16. The summed E-state index contributed by atoms with van der Waals surface area (Å²) in [5.74, 6) is 1.23. The zero-order valence-electron chi connectivity index (χ0n) is 11.2. The normalized spacial score (nSPS) is 13.4. The third kappa shape index (κ3) is 9.06. The summed E-state index contributed by atoms with van der Waals surface area (Å²) >= 11 is 1.90. The summed E-state index contributed by atoms with van der Waals surface area (Å²) in [6.45, 7) is 7.36. The highest BCUT2D eigenvalue weighted by Crippen LogP contribution is 2.21. The zero-order valence-corrected chi connectivity index (χ0v) is 12.0. The highest BCUT2D eigenvalue weighted by atomic mass is 32.2. The third-order valence-electron chi connectivity index (χ3n) is 2.78. The topological polar surface area (TPSA) is 35.8 Å². The zero-order chi connectivity index (χ0) is 12.4. The van der Waals surface area contributed by atoms with Crippen LogP contribution in [-0.4, -0.2) is 24.6 Å². The predicted octanol–water partition coefficient (Wildman–Crippen LogP) is 3.44. The fraction of sp³-hybridized carbons (Fsp3) is 0.923. The Labute approximate surface area is 105 Å². The summed E-state index contributed by atoms with van der Waals surface area (Å²) < 4.78 is 0. The monoisotopic (exact) mass is 242 g/mol. The van der Waals surface area contributed by atoms with Gasteiger partial charge >= 0.3 is 0 Å². The van der Waals surface area contributed by atoms with E-state index in [0.29, 0.717) is 6.04 Å². The molecule has 0 aromatic heterocycles. The minimum absolute atomic E-state index is 0.148. The Morgan fingerprint density at radius 3 is 2.62 bits per heavy atom. The molecule has 0 aliphatic heterocycles. The second kappa shape index (κ2) is 8.90. The van der Waals surface area contributed by atoms with E-state index in [2.05, 4.69) is 24.6 Å². The lowest BCUT2D eigenvalue weighted by atomic mass is 9.89. The van der Waals surface area contributed by atoms with Crippen LogP contribution in [0.15, 0.2) is 0 Å². The van der Waals surface area contributed by atoms with Gasteiger partial charge in [-0.2, -0.15) is 17.0 Å². The molecule has 0 aliphatic rings. The standard InChI is InChI=1S/C13H26N2S/c1-12(7-10-16-4)15-9-6-5-8-13(2,3)11-14/h12,15H,5-10H2,1-4H3. The number of nitrogens with zero attached hydrogens (tertiary/aromatic N) is 1. The average Bonchev–Trinajstić information content (AvgIpc) is 2.25. The van der Waals surface area contributed by atoms with Gasteiger partial charge in [-0.3, -0.25) is 0 Å². The number of nitrogens with one attached hydrogen (secondary N) is 1. The summed E-state index contributed by atoms with van der Waals surface area (Å²) in [7, 11) is 0. The molecule has 16 heavy (non-hydrogen) atoms. The predicted molar refractivity (Wildman–Crippen MR) is 73.7 cm³/mol. The molecule has 1 unspecified atom stereocenters. The molecule has 0 rings (SSSR count). The second-order valence-corrected chi connectivity index (χ2v) is 6.08. The Balaban J connectivity index is 3.37. The van der Waals surface area contributed by atoms with Gasteiger partial charge in [0.15, 0.2) is 0 Å². The van der Waals surface area contributed by atoms with Crippen LogP contribution in [0.5, 0.6) is 0 Å². The molecule has 0 amide bonds. The third-order valence-corrected chi connectivity index (χ3v) is 3.42. The van der Waals surface area contributed by atoms with Gasteiger partial charge < -0.3 is 5.32 Å². The summed E-state index contributed by atoms with van der Waals surface area (Å²) in [5.41, 5.74) is -0.148. The molecule has 0 aliphatic carbocycles. The number of rotatable bonds is 9.